The first kappa shape index (κ1) is 15.4. The van der Waals surface area contributed by atoms with Crippen molar-refractivity contribution in [3.05, 3.63) is 76.6 Å². The van der Waals surface area contributed by atoms with E-state index in [0.717, 1.165) is 24.0 Å². The van der Waals surface area contributed by atoms with Crippen molar-refractivity contribution in [2.45, 2.75) is 19.5 Å². The van der Waals surface area contributed by atoms with Crippen LogP contribution in [0.2, 0.25) is 0 Å². The van der Waals surface area contributed by atoms with Crippen LogP contribution >= 0.6 is 0 Å². The summed E-state index contributed by atoms with van der Waals surface area (Å²) in [5.74, 6) is -0.225. The lowest BCUT2D eigenvalue weighted by atomic mass is 10.2. The fraction of sp³-hybridized carbons (Fsp3) is 0.222. The molecule has 0 aliphatic heterocycles. The molecule has 1 heterocycles. The van der Waals surface area contributed by atoms with E-state index < -0.39 is 0 Å². The Morgan fingerprint density at radius 3 is 2.70 bits per heavy atom. The van der Waals surface area contributed by atoms with Crippen LogP contribution in [0.15, 0.2) is 59.7 Å². The summed E-state index contributed by atoms with van der Waals surface area (Å²) in [5, 5.41) is 3.94. The molecule has 0 saturated heterocycles. The zero-order valence-corrected chi connectivity index (χ0v) is 12.7. The van der Waals surface area contributed by atoms with Crippen LogP contribution in [0.25, 0.3) is 10.9 Å². The van der Waals surface area contributed by atoms with Crippen LogP contribution in [0.4, 0.5) is 4.39 Å². The number of nitrogens with one attached hydrogen (secondary N) is 1. The fourth-order valence-electron chi connectivity index (χ4n) is 2.47. The third-order valence-corrected chi connectivity index (χ3v) is 3.73. The van der Waals surface area contributed by atoms with Crippen molar-refractivity contribution < 1.29 is 4.39 Å². The first-order valence-electron chi connectivity index (χ1n) is 7.63. The lowest BCUT2D eigenvalue weighted by Crippen LogP contribution is -2.23. The van der Waals surface area contributed by atoms with Gasteiger partial charge in [0.15, 0.2) is 0 Å². The number of para-hydroxylation sites is 1. The van der Waals surface area contributed by atoms with Gasteiger partial charge in [-0.2, -0.15) is 0 Å². The summed E-state index contributed by atoms with van der Waals surface area (Å²) >= 11 is 0. The Bertz CT molecular complexity index is 843. The first-order chi connectivity index (χ1) is 11.2. The lowest BCUT2D eigenvalue weighted by Gasteiger charge is -2.08. The minimum atomic E-state index is -0.225. The Hall–Kier alpha value is -2.53. The summed E-state index contributed by atoms with van der Waals surface area (Å²) in [5.41, 5.74) is 1.76. The van der Waals surface area contributed by atoms with Crippen molar-refractivity contribution in [2.75, 3.05) is 6.54 Å². The number of benzene rings is 2. The molecule has 0 atom stereocenters. The Morgan fingerprint density at radius 2 is 1.87 bits per heavy atom. The molecular weight excluding hydrogens is 293 g/mol. The molecule has 0 bridgehead atoms. The van der Waals surface area contributed by atoms with Gasteiger partial charge in [0, 0.05) is 13.1 Å². The molecule has 0 amide bonds. The molecule has 3 aromatic rings. The molecule has 1 N–H and O–H groups in total. The predicted octanol–water partition coefficient (Wildman–Crippen LogP) is 2.72. The van der Waals surface area contributed by atoms with Crippen LogP contribution in [0, 0.1) is 5.82 Å². The summed E-state index contributed by atoms with van der Waals surface area (Å²) < 4.78 is 14.4. The monoisotopic (exact) mass is 311 g/mol. The molecule has 3 rings (SSSR count). The van der Waals surface area contributed by atoms with E-state index in [9.17, 15) is 9.18 Å². The maximum absolute atomic E-state index is 12.8. The van der Waals surface area contributed by atoms with Gasteiger partial charge in [-0.05, 0) is 42.8 Å². The van der Waals surface area contributed by atoms with Crippen molar-refractivity contribution >= 4 is 10.9 Å². The number of nitrogens with zero attached hydrogens (tertiary/aromatic N) is 2. The molecule has 2 aromatic carbocycles. The standard InChI is InChI=1S/C18H18FN3O/c19-15-8-6-14(7-9-15)12-20-10-3-11-22-13-21-17-5-2-1-4-16(17)18(22)23/h1-2,4-9,13,20H,3,10-12H2. The Morgan fingerprint density at radius 1 is 1.09 bits per heavy atom. The highest BCUT2D eigenvalue weighted by atomic mass is 19.1. The Kier molecular flexibility index (Phi) is 4.78. The number of fused-ring (bicyclic) bond motifs is 1. The highest BCUT2D eigenvalue weighted by Crippen LogP contribution is 2.05. The van der Waals surface area contributed by atoms with E-state index in [2.05, 4.69) is 10.3 Å². The van der Waals surface area contributed by atoms with Gasteiger partial charge in [0.2, 0.25) is 0 Å². The molecule has 118 valence electrons. The van der Waals surface area contributed by atoms with E-state index in [0.29, 0.717) is 18.5 Å². The first-order valence-corrected chi connectivity index (χ1v) is 7.63. The SMILES string of the molecule is O=c1c2ccccc2ncn1CCCNCc1ccc(F)cc1. The summed E-state index contributed by atoms with van der Waals surface area (Å²) in [6, 6.07) is 13.8. The van der Waals surface area contributed by atoms with Crippen molar-refractivity contribution in [2.24, 2.45) is 0 Å². The number of aryl methyl sites for hydroxylation is 1. The van der Waals surface area contributed by atoms with Gasteiger partial charge >= 0.3 is 0 Å². The largest absolute Gasteiger partial charge is 0.313 e. The third kappa shape index (κ3) is 3.81. The molecule has 0 spiro atoms. The minimum Gasteiger partial charge on any atom is -0.313 e. The predicted molar refractivity (Wildman–Crippen MR) is 88.7 cm³/mol. The molecule has 0 unspecified atom stereocenters. The van der Waals surface area contributed by atoms with Gasteiger partial charge < -0.3 is 5.32 Å². The topological polar surface area (TPSA) is 46.9 Å². The number of halogens is 1. The molecule has 0 fully saturated rings. The lowest BCUT2D eigenvalue weighted by molar-refractivity contribution is 0.567. The van der Waals surface area contributed by atoms with Crippen LogP contribution < -0.4 is 10.9 Å². The van der Waals surface area contributed by atoms with E-state index >= 15 is 0 Å². The van der Waals surface area contributed by atoms with E-state index in [1.807, 2.05) is 18.2 Å². The second kappa shape index (κ2) is 7.15. The van der Waals surface area contributed by atoms with Crippen molar-refractivity contribution in [3.8, 4) is 0 Å². The van der Waals surface area contributed by atoms with Gasteiger partial charge in [-0.1, -0.05) is 24.3 Å². The number of hydrogen-bond donors (Lipinski definition) is 1. The normalized spacial score (nSPS) is 11.0. The highest BCUT2D eigenvalue weighted by molar-refractivity contribution is 5.76. The Labute approximate surface area is 133 Å². The van der Waals surface area contributed by atoms with Crippen LogP contribution in [0.3, 0.4) is 0 Å². The average Bonchev–Trinajstić information content (AvgIpc) is 2.58. The smallest absolute Gasteiger partial charge is 0.261 e. The van der Waals surface area contributed by atoms with Gasteiger partial charge in [-0.25, -0.2) is 9.37 Å². The van der Waals surface area contributed by atoms with Crippen LogP contribution in [0.1, 0.15) is 12.0 Å². The quantitative estimate of drug-likeness (QED) is 0.712. The summed E-state index contributed by atoms with van der Waals surface area (Å²) in [4.78, 5) is 16.6. The van der Waals surface area contributed by atoms with Gasteiger partial charge in [0.05, 0.1) is 17.2 Å². The van der Waals surface area contributed by atoms with Gasteiger partial charge in [-0.15, -0.1) is 0 Å². The minimum absolute atomic E-state index is 0.00543. The molecule has 4 nitrogen and oxygen atoms in total. The van der Waals surface area contributed by atoms with Crippen LogP contribution in [0.5, 0.6) is 0 Å². The zero-order valence-electron chi connectivity index (χ0n) is 12.7. The van der Waals surface area contributed by atoms with E-state index in [-0.39, 0.29) is 11.4 Å². The fourth-order valence-corrected chi connectivity index (χ4v) is 2.47. The Balaban J connectivity index is 1.52. The molecule has 23 heavy (non-hydrogen) atoms. The third-order valence-electron chi connectivity index (χ3n) is 3.73. The number of rotatable bonds is 6. The van der Waals surface area contributed by atoms with Crippen LogP contribution in [-0.4, -0.2) is 16.1 Å². The van der Waals surface area contributed by atoms with Crippen LogP contribution in [-0.2, 0) is 13.1 Å². The van der Waals surface area contributed by atoms with Gasteiger partial charge in [0.25, 0.3) is 5.56 Å². The molecule has 0 radical (unpaired) electrons. The molecule has 0 saturated carbocycles. The molecule has 0 aliphatic carbocycles. The molecule has 1 aromatic heterocycles. The van der Waals surface area contributed by atoms with Crippen molar-refractivity contribution in [1.29, 1.82) is 0 Å². The summed E-state index contributed by atoms with van der Waals surface area (Å²) in [7, 11) is 0. The molecular formula is C18H18FN3O. The number of hydrogen-bond acceptors (Lipinski definition) is 3. The second-order valence-electron chi connectivity index (χ2n) is 5.42. The van der Waals surface area contributed by atoms with E-state index in [4.69, 9.17) is 0 Å². The zero-order chi connectivity index (χ0) is 16.1. The summed E-state index contributed by atoms with van der Waals surface area (Å²) in [6.07, 6.45) is 2.42. The second-order valence-corrected chi connectivity index (χ2v) is 5.42. The van der Waals surface area contributed by atoms with E-state index in [1.165, 1.54) is 12.1 Å². The molecule has 5 heteroatoms. The highest BCUT2D eigenvalue weighted by Gasteiger charge is 2.02. The van der Waals surface area contributed by atoms with E-state index in [1.54, 1.807) is 29.1 Å². The average molecular weight is 311 g/mol. The van der Waals surface area contributed by atoms with Crippen molar-refractivity contribution in [3.63, 3.8) is 0 Å². The molecule has 0 aliphatic rings. The van der Waals surface area contributed by atoms with Gasteiger partial charge in [-0.3, -0.25) is 9.36 Å². The maximum atomic E-state index is 12.8. The maximum Gasteiger partial charge on any atom is 0.261 e. The van der Waals surface area contributed by atoms with Crippen molar-refractivity contribution in [1.82, 2.24) is 14.9 Å². The van der Waals surface area contributed by atoms with Gasteiger partial charge in [0.1, 0.15) is 5.82 Å². The summed E-state index contributed by atoms with van der Waals surface area (Å²) in [6.45, 7) is 2.08. The number of aromatic nitrogens is 2.